The maximum absolute atomic E-state index is 13.1. The molecule has 0 aliphatic carbocycles. The summed E-state index contributed by atoms with van der Waals surface area (Å²) in [6.45, 7) is 5.24. The number of sulfonamides is 1. The topological polar surface area (TPSA) is 90.2 Å². The van der Waals surface area contributed by atoms with Gasteiger partial charge in [0.1, 0.15) is 11.6 Å². The fraction of sp³-hybridized carbons (Fsp3) is 0.286. The molecule has 29 heavy (non-hydrogen) atoms. The Bertz CT molecular complexity index is 1230. The first-order valence-electron chi connectivity index (χ1n) is 9.39. The number of hydrogen-bond acceptors (Lipinski definition) is 6. The molecule has 1 fully saturated rings. The molecule has 0 radical (unpaired) electrons. The number of aromatic nitrogens is 2. The first-order valence-corrected chi connectivity index (χ1v) is 10.8. The number of anilines is 1. The highest BCUT2D eigenvalue weighted by atomic mass is 32.2. The van der Waals surface area contributed by atoms with Gasteiger partial charge in [0.25, 0.3) is 0 Å². The second-order valence-electron chi connectivity index (χ2n) is 7.12. The summed E-state index contributed by atoms with van der Waals surface area (Å²) >= 11 is 0. The van der Waals surface area contributed by atoms with E-state index in [2.05, 4.69) is 16.3 Å². The molecule has 0 spiro atoms. The summed E-state index contributed by atoms with van der Waals surface area (Å²) in [5, 5.41) is 19.8. The largest absolute Gasteiger partial charge is 0.351 e. The van der Waals surface area contributed by atoms with Gasteiger partial charge in [-0.25, -0.2) is 8.42 Å². The van der Waals surface area contributed by atoms with Crippen molar-refractivity contribution in [2.24, 2.45) is 0 Å². The highest BCUT2D eigenvalue weighted by Gasteiger charge is 2.30. The number of benzene rings is 2. The van der Waals surface area contributed by atoms with Gasteiger partial charge in [-0.3, -0.25) is 0 Å². The summed E-state index contributed by atoms with van der Waals surface area (Å²) in [6, 6.07) is 15.1. The van der Waals surface area contributed by atoms with Gasteiger partial charge in [-0.15, -0.1) is 5.10 Å². The van der Waals surface area contributed by atoms with Gasteiger partial charge in [-0.05, 0) is 42.3 Å². The molecule has 8 heteroatoms. The van der Waals surface area contributed by atoms with Crippen LogP contribution in [-0.4, -0.2) is 49.1 Å². The second-order valence-corrected chi connectivity index (χ2v) is 9.06. The van der Waals surface area contributed by atoms with E-state index in [0.717, 1.165) is 22.0 Å². The lowest BCUT2D eigenvalue weighted by atomic mass is 10.1. The molecule has 0 bridgehead atoms. The minimum atomic E-state index is -3.58. The number of rotatable bonds is 3. The second kappa shape index (κ2) is 7.43. The number of nitrogens with zero attached hydrogens (tertiary/aromatic N) is 5. The van der Waals surface area contributed by atoms with Crippen molar-refractivity contribution in [2.75, 3.05) is 31.1 Å². The minimum Gasteiger partial charge on any atom is -0.351 e. The van der Waals surface area contributed by atoms with Crippen LogP contribution in [0.15, 0.2) is 47.4 Å². The lowest BCUT2D eigenvalue weighted by Crippen LogP contribution is -2.49. The number of aryl methyl sites for hydroxylation is 1. The molecule has 0 atom stereocenters. The Kier molecular flexibility index (Phi) is 4.94. The maximum atomic E-state index is 13.1. The highest BCUT2D eigenvalue weighted by Crippen LogP contribution is 2.26. The van der Waals surface area contributed by atoms with Crippen LogP contribution in [0.4, 0.5) is 5.82 Å². The number of fused-ring (bicyclic) bond motifs is 1. The zero-order valence-corrected chi connectivity index (χ0v) is 17.1. The lowest BCUT2D eigenvalue weighted by Gasteiger charge is -2.35. The Morgan fingerprint density at radius 2 is 1.66 bits per heavy atom. The van der Waals surface area contributed by atoms with Crippen molar-refractivity contribution in [1.29, 1.82) is 5.26 Å². The quantitative estimate of drug-likeness (QED) is 0.663. The van der Waals surface area contributed by atoms with Crippen LogP contribution < -0.4 is 4.90 Å². The molecule has 4 rings (SSSR count). The zero-order valence-electron chi connectivity index (χ0n) is 16.3. The number of nitriles is 1. The maximum Gasteiger partial charge on any atom is 0.243 e. The summed E-state index contributed by atoms with van der Waals surface area (Å²) in [7, 11) is -3.58. The number of piperazine rings is 1. The molecule has 1 saturated heterocycles. The van der Waals surface area contributed by atoms with Crippen LogP contribution in [0.1, 0.15) is 16.8 Å². The Morgan fingerprint density at radius 3 is 2.34 bits per heavy atom. The Balaban J connectivity index is 1.56. The predicted molar refractivity (Wildman–Crippen MR) is 111 cm³/mol. The summed E-state index contributed by atoms with van der Waals surface area (Å²) in [5.41, 5.74) is 2.04. The van der Waals surface area contributed by atoms with Gasteiger partial charge in [0, 0.05) is 26.2 Å². The minimum absolute atomic E-state index is 0.299. The van der Waals surface area contributed by atoms with Crippen molar-refractivity contribution in [3.05, 3.63) is 59.3 Å². The fourth-order valence-electron chi connectivity index (χ4n) is 3.57. The summed E-state index contributed by atoms with van der Waals surface area (Å²) < 4.78 is 27.7. The van der Waals surface area contributed by atoms with E-state index in [1.165, 1.54) is 4.31 Å². The highest BCUT2D eigenvalue weighted by molar-refractivity contribution is 7.89. The third kappa shape index (κ3) is 3.43. The summed E-state index contributed by atoms with van der Waals surface area (Å²) in [4.78, 5) is 2.23. The van der Waals surface area contributed by atoms with E-state index in [9.17, 15) is 13.7 Å². The molecule has 1 aliphatic heterocycles. The van der Waals surface area contributed by atoms with E-state index in [-0.39, 0.29) is 0 Å². The van der Waals surface area contributed by atoms with Gasteiger partial charge in [-0.1, -0.05) is 30.3 Å². The van der Waals surface area contributed by atoms with Crippen molar-refractivity contribution in [3.8, 4) is 6.07 Å². The molecular weight excluding hydrogens is 386 g/mol. The molecule has 0 amide bonds. The van der Waals surface area contributed by atoms with E-state index < -0.39 is 10.0 Å². The Labute approximate surface area is 170 Å². The molecular formula is C21H21N5O2S. The molecule has 0 unspecified atom stereocenters. The first-order chi connectivity index (χ1) is 13.9. The smallest absolute Gasteiger partial charge is 0.243 e. The van der Waals surface area contributed by atoms with Crippen molar-refractivity contribution >= 4 is 26.6 Å². The van der Waals surface area contributed by atoms with E-state index in [4.69, 9.17) is 0 Å². The van der Waals surface area contributed by atoms with Crippen LogP contribution >= 0.6 is 0 Å². The molecule has 1 aliphatic rings. The normalized spacial score (nSPS) is 15.4. The molecule has 148 valence electrons. The fourth-order valence-corrected chi connectivity index (χ4v) is 5.03. The van der Waals surface area contributed by atoms with Crippen LogP contribution in [0.5, 0.6) is 0 Å². The van der Waals surface area contributed by atoms with Gasteiger partial charge in [0.2, 0.25) is 10.0 Å². The molecule has 2 aromatic carbocycles. The predicted octanol–water partition coefficient (Wildman–Crippen LogP) is 2.63. The van der Waals surface area contributed by atoms with Crippen LogP contribution in [0.2, 0.25) is 0 Å². The number of hydrogen-bond donors (Lipinski definition) is 0. The first kappa shape index (κ1) is 19.3. The van der Waals surface area contributed by atoms with Gasteiger partial charge in [0.05, 0.1) is 10.6 Å². The SMILES string of the molecule is Cc1nnc(N2CCN(S(=O)(=O)c3ccc4ccccc4c3)CC2)c(C#N)c1C. The molecule has 0 N–H and O–H groups in total. The van der Waals surface area contributed by atoms with E-state index >= 15 is 0 Å². The summed E-state index contributed by atoms with van der Waals surface area (Å²) in [6.07, 6.45) is 0. The molecule has 3 aromatic rings. The van der Waals surface area contributed by atoms with Crippen LogP contribution in [0, 0.1) is 25.2 Å². The van der Waals surface area contributed by atoms with Crippen LogP contribution in [0.25, 0.3) is 10.8 Å². The van der Waals surface area contributed by atoms with Gasteiger partial charge in [0.15, 0.2) is 5.82 Å². The van der Waals surface area contributed by atoms with Gasteiger partial charge >= 0.3 is 0 Å². The molecule has 7 nitrogen and oxygen atoms in total. The molecule has 0 saturated carbocycles. The van der Waals surface area contributed by atoms with E-state index in [1.54, 1.807) is 12.1 Å². The Morgan fingerprint density at radius 1 is 0.966 bits per heavy atom. The standard InChI is InChI=1S/C21H21N5O2S/c1-15-16(2)23-24-21(20(15)14-22)25-9-11-26(12-10-25)29(27,28)19-8-7-17-5-3-4-6-18(17)13-19/h3-8,13H,9-12H2,1-2H3. The third-order valence-corrected chi connectivity index (χ3v) is 7.34. The van der Waals surface area contributed by atoms with Crippen LogP contribution in [-0.2, 0) is 10.0 Å². The van der Waals surface area contributed by atoms with E-state index in [1.807, 2.05) is 49.1 Å². The van der Waals surface area contributed by atoms with Crippen molar-refractivity contribution in [2.45, 2.75) is 18.7 Å². The molecule has 1 aromatic heterocycles. The average Bonchev–Trinajstić information content (AvgIpc) is 2.75. The van der Waals surface area contributed by atoms with Crippen LogP contribution in [0.3, 0.4) is 0 Å². The van der Waals surface area contributed by atoms with Gasteiger partial charge < -0.3 is 4.90 Å². The zero-order chi connectivity index (χ0) is 20.6. The van der Waals surface area contributed by atoms with Crippen molar-refractivity contribution in [1.82, 2.24) is 14.5 Å². The summed E-state index contributed by atoms with van der Waals surface area (Å²) in [5.74, 6) is 0.526. The van der Waals surface area contributed by atoms with E-state index in [0.29, 0.717) is 42.5 Å². The lowest BCUT2D eigenvalue weighted by molar-refractivity contribution is 0.383. The molecule has 2 heterocycles. The van der Waals surface area contributed by atoms with Gasteiger partial charge in [-0.2, -0.15) is 14.7 Å². The van der Waals surface area contributed by atoms with Crippen molar-refractivity contribution in [3.63, 3.8) is 0 Å². The monoisotopic (exact) mass is 407 g/mol. The Hall–Kier alpha value is -3.02. The van der Waals surface area contributed by atoms with Crippen molar-refractivity contribution < 1.29 is 8.42 Å². The third-order valence-electron chi connectivity index (χ3n) is 5.44. The average molecular weight is 407 g/mol.